The van der Waals surface area contributed by atoms with E-state index in [9.17, 15) is 8.42 Å². The molecule has 0 amide bonds. The Morgan fingerprint density at radius 1 is 0.833 bits per heavy atom. The van der Waals surface area contributed by atoms with E-state index < -0.39 is 16.0 Å². The molecule has 0 radical (unpaired) electrons. The Morgan fingerprint density at radius 2 is 1.50 bits per heavy atom. The van der Waals surface area contributed by atoms with Gasteiger partial charge in [0, 0.05) is 16.5 Å². The van der Waals surface area contributed by atoms with Gasteiger partial charge in [-0.3, -0.25) is 5.43 Å². The van der Waals surface area contributed by atoms with Crippen LogP contribution in [0, 0.1) is 0 Å². The fourth-order valence-corrected chi connectivity index (χ4v) is 3.99. The number of nitrogens with two attached hydrogens (primary N) is 2. The summed E-state index contributed by atoms with van der Waals surface area (Å²) in [6, 6.07) is 24.1. The lowest BCUT2D eigenvalue weighted by Gasteiger charge is -2.12. The van der Waals surface area contributed by atoms with Gasteiger partial charge in [0.2, 0.25) is 5.96 Å². The van der Waals surface area contributed by atoms with Crippen LogP contribution in [0.1, 0.15) is 0 Å². The number of H-pyrrole nitrogens is 1. The van der Waals surface area contributed by atoms with Crippen molar-refractivity contribution >= 4 is 38.3 Å². The summed E-state index contributed by atoms with van der Waals surface area (Å²) in [6.07, 6.45) is 0. The normalized spacial score (nSPS) is 11.2. The first-order valence-corrected chi connectivity index (χ1v) is 10.5. The number of para-hydroxylation sites is 1. The van der Waals surface area contributed by atoms with Crippen molar-refractivity contribution in [1.82, 2.24) is 4.98 Å². The van der Waals surface area contributed by atoms with Gasteiger partial charge in [0.05, 0.1) is 22.0 Å². The molecule has 3 aromatic carbocycles. The van der Waals surface area contributed by atoms with Crippen molar-refractivity contribution in [1.29, 1.82) is 0 Å². The van der Waals surface area contributed by atoms with E-state index in [4.69, 9.17) is 11.5 Å². The molecule has 152 valence electrons. The smallest absolute Gasteiger partial charge is 0.285 e. The van der Waals surface area contributed by atoms with Crippen molar-refractivity contribution < 1.29 is 8.42 Å². The van der Waals surface area contributed by atoms with Crippen LogP contribution in [0.5, 0.6) is 0 Å². The Morgan fingerprint density at radius 3 is 2.20 bits per heavy atom. The molecule has 0 unspecified atom stereocenters. The zero-order chi connectivity index (χ0) is 21.1. The molecule has 0 aliphatic heterocycles. The summed E-state index contributed by atoms with van der Waals surface area (Å²) in [4.78, 5) is 3.44. The van der Waals surface area contributed by atoms with Gasteiger partial charge in [0.25, 0.3) is 10.0 Å². The molecule has 4 aromatic rings. The summed E-state index contributed by atoms with van der Waals surface area (Å²) in [5.41, 5.74) is 21.3. The number of fused-ring (bicyclic) bond motifs is 1. The van der Waals surface area contributed by atoms with Gasteiger partial charge in [-0.2, -0.15) is 8.42 Å². The molecule has 0 spiro atoms. The largest absolute Gasteiger partial charge is 0.369 e. The highest BCUT2D eigenvalue weighted by atomic mass is 32.2. The molecule has 0 saturated carbocycles. The average Bonchev–Trinajstić information content (AvgIpc) is 3.11. The van der Waals surface area contributed by atoms with Crippen molar-refractivity contribution in [2.75, 3.05) is 10.9 Å². The lowest BCUT2D eigenvalue weighted by molar-refractivity contribution is 0.598. The molecular formula is C21H20N6O2S. The number of hydrogen-bond acceptors (Lipinski definition) is 4. The first-order valence-electron chi connectivity index (χ1n) is 9.08. The van der Waals surface area contributed by atoms with E-state index in [1.54, 1.807) is 12.1 Å². The topological polar surface area (TPSA) is 138 Å². The molecule has 8 nitrogen and oxygen atoms in total. The molecule has 9 heteroatoms. The van der Waals surface area contributed by atoms with Gasteiger partial charge in [-0.1, -0.05) is 48.5 Å². The fourth-order valence-electron chi connectivity index (χ4n) is 3.13. The van der Waals surface area contributed by atoms with Gasteiger partial charge in [-0.15, -0.1) is 4.40 Å². The number of sulfonamides is 1. The maximum absolute atomic E-state index is 12.1. The summed E-state index contributed by atoms with van der Waals surface area (Å²) >= 11 is 0. The van der Waals surface area contributed by atoms with Crippen LogP contribution >= 0.6 is 0 Å². The number of nitrogens with zero attached hydrogens (tertiary/aromatic N) is 1. The van der Waals surface area contributed by atoms with E-state index in [1.807, 2.05) is 54.6 Å². The van der Waals surface area contributed by atoms with E-state index in [1.165, 1.54) is 12.1 Å². The highest BCUT2D eigenvalue weighted by molar-refractivity contribution is 7.90. The second kappa shape index (κ2) is 7.80. The molecule has 0 fully saturated rings. The number of aromatic amines is 1. The van der Waals surface area contributed by atoms with E-state index >= 15 is 0 Å². The molecule has 0 bridgehead atoms. The van der Waals surface area contributed by atoms with Crippen molar-refractivity contribution in [2.45, 2.75) is 4.90 Å². The van der Waals surface area contributed by atoms with Crippen LogP contribution < -0.4 is 22.3 Å². The Labute approximate surface area is 173 Å². The zero-order valence-corrected chi connectivity index (χ0v) is 16.6. The van der Waals surface area contributed by atoms with E-state index in [-0.39, 0.29) is 4.90 Å². The van der Waals surface area contributed by atoms with Crippen LogP contribution in [0.2, 0.25) is 0 Å². The van der Waals surface area contributed by atoms with Gasteiger partial charge in [0.15, 0.2) is 0 Å². The summed E-state index contributed by atoms with van der Waals surface area (Å²) < 4.78 is 27.4. The molecule has 1 heterocycles. The van der Waals surface area contributed by atoms with Crippen molar-refractivity contribution in [3.8, 4) is 11.3 Å². The number of hydrogen-bond donors (Lipinski definition) is 5. The minimum absolute atomic E-state index is 0.00137. The summed E-state index contributed by atoms with van der Waals surface area (Å²) in [5.74, 6) is -0.508. The summed E-state index contributed by atoms with van der Waals surface area (Å²) in [6.45, 7) is 0. The molecule has 30 heavy (non-hydrogen) atoms. The third-order valence-electron chi connectivity index (χ3n) is 4.48. The van der Waals surface area contributed by atoms with E-state index in [0.29, 0.717) is 5.69 Å². The minimum atomic E-state index is -3.92. The zero-order valence-electron chi connectivity index (χ0n) is 15.8. The maximum atomic E-state index is 12.1. The Kier molecular flexibility index (Phi) is 5.03. The minimum Gasteiger partial charge on any atom is -0.369 e. The molecule has 0 aliphatic carbocycles. The average molecular weight is 420 g/mol. The van der Waals surface area contributed by atoms with Gasteiger partial charge in [-0.05, 0) is 30.3 Å². The highest BCUT2D eigenvalue weighted by Crippen LogP contribution is 2.34. The van der Waals surface area contributed by atoms with Gasteiger partial charge in [-0.25, -0.2) is 0 Å². The van der Waals surface area contributed by atoms with Crippen molar-refractivity contribution in [2.24, 2.45) is 15.9 Å². The van der Waals surface area contributed by atoms with Crippen LogP contribution in [-0.2, 0) is 10.0 Å². The molecule has 1 aromatic heterocycles. The summed E-state index contributed by atoms with van der Waals surface area (Å²) in [5, 5.41) is 1.02. The summed E-state index contributed by atoms with van der Waals surface area (Å²) in [7, 11) is -3.92. The lowest BCUT2D eigenvalue weighted by Crippen LogP contribution is -2.24. The molecule has 4 rings (SSSR count). The Hall–Kier alpha value is -3.98. The van der Waals surface area contributed by atoms with E-state index in [0.717, 1.165) is 27.8 Å². The van der Waals surface area contributed by atoms with Crippen molar-refractivity contribution in [3.63, 3.8) is 0 Å². The Bertz CT molecular complexity index is 1310. The first kappa shape index (κ1) is 19.3. The quantitative estimate of drug-likeness (QED) is 0.184. The van der Waals surface area contributed by atoms with Crippen LogP contribution in [0.3, 0.4) is 0 Å². The number of anilines is 2. The predicted octanol–water partition coefficient (Wildman–Crippen LogP) is 3.24. The standard InChI is InChI=1S/C21H20N6O2S/c22-21(23)27-30(28,29)16-12-10-15(11-13-16)25-26-20-17-8-4-5-9-18(17)24-19(20)14-6-2-1-3-7-14/h1-13,24-26H,(H4,22,23,27). The van der Waals surface area contributed by atoms with Crippen LogP contribution in [0.25, 0.3) is 22.2 Å². The maximum Gasteiger partial charge on any atom is 0.285 e. The third kappa shape index (κ3) is 3.91. The van der Waals surface area contributed by atoms with Gasteiger partial charge < -0.3 is 21.9 Å². The molecule has 0 saturated heterocycles. The van der Waals surface area contributed by atoms with Gasteiger partial charge in [0.1, 0.15) is 0 Å². The lowest BCUT2D eigenvalue weighted by atomic mass is 10.1. The molecule has 0 aliphatic rings. The van der Waals surface area contributed by atoms with E-state index in [2.05, 4.69) is 20.2 Å². The number of rotatable bonds is 6. The van der Waals surface area contributed by atoms with Crippen molar-refractivity contribution in [3.05, 3.63) is 78.9 Å². The number of benzene rings is 3. The molecule has 0 atom stereocenters. The number of nitrogens with one attached hydrogen (secondary N) is 3. The van der Waals surface area contributed by atoms with Crippen LogP contribution in [-0.4, -0.2) is 19.4 Å². The second-order valence-corrected chi connectivity index (χ2v) is 8.16. The molecule has 7 N–H and O–H groups in total. The molecular weight excluding hydrogens is 400 g/mol. The number of guanidine groups is 1. The number of hydrazine groups is 1. The highest BCUT2D eigenvalue weighted by Gasteiger charge is 2.14. The first-order chi connectivity index (χ1) is 14.4. The van der Waals surface area contributed by atoms with Gasteiger partial charge >= 0.3 is 0 Å². The third-order valence-corrected chi connectivity index (χ3v) is 5.80. The van der Waals surface area contributed by atoms with Crippen LogP contribution in [0.4, 0.5) is 11.4 Å². The Balaban J connectivity index is 1.62. The SMILES string of the molecule is NC(N)=NS(=O)(=O)c1ccc(NNc2c(-c3ccccc3)[nH]c3ccccc23)cc1. The number of aromatic nitrogens is 1. The second-order valence-electron chi connectivity index (χ2n) is 6.55. The monoisotopic (exact) mass is 420 g/mol. The fraction of sp³-hybridized carbons (Fsp3) is 0. The van der Waals surface area contributed by atoms with Crippen LogP contribution in [0.15, 0.2) is 88.2 Å². The predicted molar refractivity (Wildman–Crippen MR) is 120 cm³/mol.